The normalized spacial score (nSPS) is 18.4. The fourth-order valence-corrected chi connectivity index (χ4v) is 1.95. The fourth-order valence-electron chi connectivity index (χ4n) is 1.95. The molecule has 0 aliphatic carbocycles. The van der Waals surface area contributed by atoms with Crippen LogP contribution in [-0.2, 0) is 11.3 Å². The zero-order valence-electron chi connectivity index (χ0n) is 10.1. The number of hydrogen-bond donors (Lipinski definition) is 0. The van der Waals surface area contributed by atoms with Gasteiger partial charge in [0.15, 0.2) is 0 Å². The maximum absolute atomic E-state index is 11.7. The number of nitro benzene ring substituents is 1. The molecule has 94 valence electrons. The lowest BCUT2D eigenvalue weighted by molar-refractivity contribution is -0.384. The summed E-state index contributed by atoms with van der Waals surface area (Å²) in [6.07, 6.45) is 0. The van der Waals surface area contributed by atoms with E-state index in [1.165, 1.54) is 12.1 Å². The number of nitrogens with zero attached hydrogens (tertiary/aromatic N) is 2. The van der Waals surface area contributed by atoms with E-state index in [9.17, 15) is 14.9 Å². The summed E-state index contributed by atoms with van der Waals surface area (Å²) >= 11 is 0. The van der Waals surface area contributed by atoms with E-state index >= 15 is 0 Å². The topological polar surface area (TPSA) is 63.4 Å². The second kappa shape index (κ2) is 4.60. The van der Waals surface area contributed by atoms with Gasteiger partial charge in [-0.05, 0) is 12.5 Å². The Labute approximate surface area is 105 Å². The third kappa shape index (κ3) is 2.25. The smallest absolute Gasteiger partial charge is 0.269 e. The first kappa shape index (κ1) is 12.3. The van der Waals surface area contributed by atoms with Crippen LogP contribution < -0.4 is 0 Å². The maximum atomic E-state index is 11.7. The molecule has 0 saturated carbocycles. The van der Waals surface area contributed by atoms with E-state index in [4.69, 9.17) is 0 Å². The van der Waals surface area contributed by atoms with Crippen LogP contribution in [-0.4, -0.2) is 22.3 Å². The van der Waals surface area contributed by atoms with E-state index < -0.39 is 4.92 Å². The molecule has 1 fully saturated rings. The van der Waals surface area contributed by atoms with Crippen molar-refractivity contribution < 1.29 is 9.72 Å². The van der Waals surface area contributed by atoms with Gasteiger partial charge in [0.2, 0.25) is 5.91 Å². The summed E-state index contributed by atoms with van der Waals surface area (Å²) in [5, 5.41) is 10.5. The highest BCUT2D eigenvalue weighted by Crippen LogP contribution is 2.26. The van der Waals surface area contributed by atoms with Crippen LogP contribution in [0.5, 0.6) is 0 Å². The van der Waals surface area contributed by atoms with Crippen molar-refractivity contribution in [2.75, 3.05) is 6.54 Å². The molecular weight excluding hydrogens is 232 g/mol. The number of benzene rings is 1. The Morgan fingerprint density at radius 2 is 2.11 bits per heavy atom. The lowest BCUT2D eigenvalue weighted by atomic mass is 9.91. The first-order chi connectivity index (χ1) is 8.49. The molecule has 1 unspecified atom stereocenters. The Balaban J connectivity index is 1.97. The molecule has 1 heterocycles. The Morgan fingerprint density at radius 1 is 1.50 bits per heavy atom. The number of carbonyl (C=O) groups excluding carboxylic acids is 1. The standard InChI is InChI=1S/C13H14N2O3/c1-9(2)12-8-14(13(12)16)7-10-3-5-11(6-4-10)15(17)18/h3-6,12H,1,7-8H2,2H3. The molecule has 5 heteroatoms. The van der Waals surface area contributed by atoms with Gasteiger partial charge in [-0.15, -0.1) is 0 Å². The van der Waals surface area contributed by atoms with E-state index in [1.54, 1.807) is 17.0 Å². The van der Waals surface area contributed by atoms with Gasteiger partial charge in [0.05, 0.1) is 10.8 Å². The average Bonchev–Trinajstić information content (AvgIpc) is 2.33. The van der Waals surface area contributed by atoms with Gasteiger partial charge < -0.3 is 4.90 Å². The molecule has 1 saturated heterocycles. The van der Waals surface area contributed by atoms with Crippen molar-refractivity contribution in [1.82, 2.24) is 4.90 Å². The van der Waals surface area contributed by atoms with E-state index in [1.807, 2.05) is 6.92 Å². The quantitative estimate of drug-likeness (QED) is 0.354. The van der Waals surface area contributed by atoms with Gasteiger partial charge in [0.1, 0.15) is 0 Å². The van der Waals surface area contributed by atoms with Crippen molar-refractivity contribution in [2.24, 2.45) is 5.92 Å². The lowest BCUT2D eigenvalue weighted by Crippen LogP contribution is -2.51. The maximum Gasteiger partial charge on any atom is 0.269 e. The number of β-lactam (4-membered cyclic amide) rings is 1. The summed E-state index contributed by atoms with van der Waals surface area (Å²) in [5.74, 6) is 0.0314. The average molecular weight is 246 g/mol. The molecular formula is C13H14N2O3. The highest BCUT2D eigenvalue weighted by molar-refractivity contribution is 5.87. The van der Waals surface area contributed by atoms with Crippen LogP contribution in [0.25, 0.3) is 0 Å². The van der Waals surface area contributed by atoms with E-state index in [0.29, 0.717) is 13.1 Å². The number of nitro groups is 1. The number of carbonyl (C=O) groups is 1. The number of amides is 1. The van der Waals surface area contributed by atoms with Crippen molar-refractivity contribution in [3.05, 3.63) is 52.1 Å². The van der Waals surface area contributed by atoms with Crippen LogP contribution >= 0.6 is 0 Å². The number of rotatable bonds is 4. The summed E-state index contributed by atoms with van der Waals surface area (Å²) in [4.78, 5) is 23.5. The molecule has 1 amide bonds. The van der Waals surface area contributed by atoms with Crippen LogP contribution in [0.4, 0.5) is 5.69 Å². The molecule has 0 bridgehead atoms. The minimum Gasteiger partial charge on any atom is -0.337 e. The lowest BCUT2D eigenvalue weighted by Gasteiger charge is -2.38. The van der Waals surface area contributed by atoms with Crippen LogP contribution in [0.3, 0.4) is 0 Å². The van der Waals surface area contributed by atoms with E-state index in [0.717, 1.165) is 11.1 Å². The Kier molecular flexibility index (Phi) is 3.14. The summed E-state index contributed by atoms with van der Waals surface area (Å²) in [7, 11) is 0. The van der Waals surface area contributed by atoms with Crippen LogP contribution in [0.2, 0.25) is 0 Å². The summed E-state index contributed by atoms with van der Waals surface area (Å²) < 4.78 is 0. The minimum atomic E-state index is -0.435. The highest BCUT2D eigenvalue weighted by Gasteiger charge is 2.36. The largest absolute Gasteiger partial charge is 0.337 e. The van der Waals surface area contributed by atoms with Crippen molar-refractivity contribution in [2.45, 2.75) is 13.5 Å². The monoisotopic (exact) mass is 246 g/mol. The molecule has 1 atom stereocenters. The molecule has 1 aliphatic rings. The molecule has 1 aromatic carbocycles. The van der Waals surface area contributed by atoms with Gasteiger partial charge in [0, 0.05) is 25.2 Å². The molecule has 18 heavy (non-hydrogen) atoms. The van der Waals surface area contributed by atoms with Crippen LogP contribution in [0, 0.1) is 16.0 Å². The first-order valence-corrected chi connectivity index (χ1v) is 5.66. The first-order valence-electron chi connectivity index (χ1n) is 5.66. The van der Waals surface area contributed by atoms with Crippen molar-refractivity contribution in [3.8, 4) is 0 Å². The third-order valence-electron chi connectivity index (χ3n) is 3.13. The summed E-state index contributed by atoms with van der Waals surface area (Å²) in [6, 6.07) is 6.27. The van der Waals surface area contributed by atoms with Crippen LogP contribution in [0.15, 0.2) is 36.4 Å². The highest BCUT2D eigenvalue weighted by atomic mass is 16.6. The van der Waals surface area contributed by atoms with E-state index in [-0.39, 0.29) is 17.5 Å². The number of likely N-dealkylation sites (tertiary alicyclic amines) is 1. The predicted octanol–water partition coefficient (Wildman–Crippen LogP) is 2.13. The molecule has 5 nitrogen and oxygen atoms in total. The van der Waals surface area contributed by atoms with Crippen molar-refractivity contribution in [1.29, 1.82) is 0 Å². The SMILES string of the molecule is C=C(C)C1CN(Cc2ccc([N+](=O)[O-])cc2)C1=O. The third-order valence-corrected chi connectivity index (χ3v) is 3.13. The summed E-state index contributed by atoms with van der Waals surface area (Å²) in [5.41, 5.74) is 1.85. The molecule has 2 rings (SSSR count). The van der Waals surface area contributed by atoms with Crippen LogP contribution in [0.1, 0.15) is 12.5 Å². The second-order valence-electron chi connectivity index (χ2n) is 4.54. The second-order valence-corrected chi connectivity index (χ2v) is 4.54. The molecule has 1 aliphatic heterocycles. The van der Waals surface area contributed by atoms with Gasteiger partial charge in [-0.2, -0.15) is 0 Å². The van der Waals surface area contributed by atoms with Gasteiger partial charge in [-0.3, -0.25) is 14.9 Å². The van der Waals surface area contributed by atoms with Gasteiger partial charge >= 0.3 is 0 Å². The molecule has 1 aromatic rings. The number of non-ortho nitro benzene ring substituents is 1. The molecule has 0 spiro atoms. The number of hydrogen-bond acceptors (Lipinski definition) is 3. The Morgan fingerprint density at radius 3 is 2.56 bits per heavy atom. The van der Waals surface area contributed by atoms with Gasteiger partial charge in [-0.25, -0.2) is 0 Å². The van der Waals surface area contributed by atoms with Crippen molar-refractivity contribution >= 4 is 11.6 Å². The zero-order chi connectivity index (χ0) is 13.3. The van der Waals surface area contributed by atoms with Gasteiger partial charge in [-0.1, -0.05) is 24.3 Å². The van der Waals surface area contributed by atoms with E-state index in [2.05, 4.69) is 6.58 Å². The minimum absolute atomic E-state index is 0.0527. The Bertz CT molecular complexity index is 507. The fraction of sp³-hybridized carbons (Fsp3) is 0.308. The zero-order valence-corrected chi connectivity index (χ0v) is 10.1. The van der Waals surface area contributed by atoms with Crippen molar-refractivity contribution in [3.63, 3.8) is 0 Å². The summed E-state index contributed by atoms with van der Waals surface area (Å²) in [6.45, 7) is 6.82. The molecule has 0 N–H and O–H groups in total. The molecule has 0 aromatic heterocycles. The predicted molar refractivity (Wildman–Crippen MR) is 66.8 cm³/mol. The Hall–Kier alpha value is -2.17. The van der Waals surface area contributed by atoms with Gasteiger partial charge in [0.25, 0.3) is 5.69 Å². The molecule has 0 radical (unpaired) electrons.